The highest BCUT2D eigenvalue weighted by Gasteiger charge is 2.27. The summed E-state index contributed by atoms with van der Waals surface area (Å²) in [7, 11) is -4.63. The van der Waals surface area contributed by atoms with Crippen molar-refractivity contribution in [1.82, 2.24) is 0 Å². The number of carbonyl (C=O) groups is 2. The van der Waals surface area contributed by atoms with Crippen molar-refractivity contribution in [3.8, 4) is 0 Å². The number of phosphoric acid groups is 1. The van der Waals surface area contributed by atoms with Gasteiger partial charge in [-0.15, -0.1) is 0 Å². The maximum atomic E-state index is 12.6. The molecule has 0 bridgehead atoms. The molecule has 0 fully saturated rings. The molecule has 0 spiro atoms. The molecule has 0 aliphatic carbocycles. The van der Waals surface area contributed by atoms with Crippen molar-refractivity contribution in [3.05, 3.63) is 72.9 Å². The molecule has 3 atom stereocenters. The number of nitrogens with two attached hydrogens (primary N) is 1. The van der Waals surface area contributed by atoms with Gasteiger partial charge in [-0.25, -0.2) is 4.57 Å². The Hall–Kier alpha value is -2.59. The van der Waals surface area contributed by atoms with Crippen LogP contribution in [0.25, 0.3) is 0 Å². The minimum Gasteiger partial charge on any atom is -0.480 e. The highest BCUT2D eigenvalue weighted by molar-refractivity contribution is 7.47. The number of rotatable bonds is 36. The van der Waals surface area contributed by atoms with Gasteiger partial charge in [0.1, 0.15) is 12.1 Å². The van der Waals surface area contributed by atoms with Gasteiger partial charge in [-0.2, -0.15) is 0 Å². The van der Waals surface area contributed by atoms with Crippen molar-refractivity contribution in [2.24, 2.45) is 5.73 Å². The summed E-state index contributed by atoms with van der Waals surface area (Å²) in [5.74, 6) is -1.82. The number of hydrogen-bond donors (Lipinski definition) is 3. The molecule has 52 heavy (non-hydrogen) atoms. The molecule has 0 aromatic carbocycles. The quantitative estimate of drug-likeness (QED) is 0.0244. The Bertz CT molecular complexity index is 1100. The molecule has 0 saturated heterocycles. The Morgan fingerprint density at radius 2 is 1.12 bits per heavy atom. The number of hydrogen-bond acceptors (Lipinski definition) is 8. The van der Waals surface area contributed by atoms with Crippen LogP contribution in [0.5, 0.6) is 0 Å². The van der Waals surface area contributed by atoms with Gasteiger partial charge in [0.15, 0.2) is 0 Å². The van der Waals surface area contributed by atoms with Crippen LogP contribution in [0.15, 0.2) is 72.9 Å². The van der Waals surface area contributed by atoms with E-state index in [0.29, 0.717) is 13.0 Å². The molecule has 4 N–H and O–H groups in total. The topological polar surface area (TPSA) is 155 Å². The standard InChI is InChI=1S/C41H70NO9P/c1-3-5-7-9-11-13-15-17-18-19-20-21-22-24-26-28-30-32-34-48-35-38(36-49-52(46,47)50-37-39(42)41(44)45)51-40(43)33-31-29-27-25-23-16-14-12-10-8-6-4-2/h5,7,11-14,17-18,20-21,24,26,38-39H,3-4,6,8-10,15-16,19,22-23,25,27-37,42H2,1-2H3,(H,44,45)(H,46,47)/b7-5-,13-11-,14-12-,18-17-,21-20-,26-24-. The smallest absolute Gasteiger partial charge is 0.472 e. The van der Waals surface area contributed by atoms with Crippen molar-refractivity contribution < 1.29 is 42.7 Å². The molecule has 0 saturated carbocycles. The molecule has 0 aromatic heterocycles. The van der Waals surface area contributed by atoms with Gasteiger partial charge in [0, 0.05) is 13.0 Å². The molecule has 0 aliphatic heterocycles. The minimum absolute atomic E-state index is 0.0198. The molecular weight excluding hydrogens is 681 g/mol. The van der Waals surface area contributed by atoms with Gasteiger partial charge in [-0.1, -0.05) is 119 Å². The van der Waals surface area contributed by atoms with E-state index in [0.717, 1.165) is 89.9 Å². The monoisotopic (exact) mass is 751 g/mol. The normalized spacial score (nSPS) is 14.8. The van der Waals surface area contributed by atoms with Crippen LogP contribution in [0.4, 0.5) is 0 Å². The lowest BCUT2D eigenvalue weighted by atomic mass is 10.1. The van der Waals surface area contributed by atoms with Gasteiger partial charge in [0.2, 0.25) is 0 Å². The summed E-state index contributed by atoms with van der Waals surface area (Å²) in [4.78, 5) is 33.4. The first-order chi connectivity index (χ1) is 25.2. The predicted octanol–water partition coefficient (Wildman–Crippen LogP) is 10.2. The molecule has 0 heterocycles. The third-order valence-corrected chi connectivity index (χ3v) is 8.67. The van der Waals surface area contributed by atoms with Gasteiger partial charge >= 0.3 is 19.8 Å². The van der Waals surface area contributed by atoms with Crippen LogP contribution in [0.3, 0.4) is 0 Å². The number of phosphoric ester groups is 1. The number of esters is 1. The number of ether oxygens (including phenoxy) is 2. The van der Waals surface area contributed by atoms with E-state index in [1.165, 1.54) is 19.3 Å². The summed E-state index contributed by atoms with van der Waals surface area (Å²) in [6.07, 6.45) is 43.9. The zero-order valence-corrected chi connectivity index (χ0v) is 33.0. The highest BCUT2D eigenvalue weighted by atomic mass is 31.2. The maximum Gasteiger partial charge on any atom is 0.472 e. The highest BCUT2D eigenvalue weighted by Crippen LogP contribution is 2.43. The summed E-state index contributed by atoms with van der Waals surface area (Å²) in [6, 6.07) is -1.48. The summed E-state index contributed by atoms with van der Waals surface area (Å²) in [6.45, 7) is 3.59. The Balaban J connectivity index is 4.40. The van der Waals surface area contributed by atoms with Crippen LogP contribution in [0.1, 0.15) is 136 Å². The van der Waals surface area contributed by atoms with Crippen LogP contribution in [-0.2, 0) is 32.7 Å². The minimum atomic E-state index is -4.63. The van der Waals surface area contributed by atoms with E-state index in [1.54, 1.807) is 0 Å². The number of aliphatic carboxylic acids is 1. The SMILES string of the molecule is CC/C=C\C/C=C\C/C=C\C/C=C\C/C=C\CCCCOCC(COP(=O)(O)OCC(N)C(=O)O)OC(=O)CCCCCCC/C=C\CCCCC. The maximum absolute atomic E-state index is 12.6. The van der Waals surface area contributed by atoms with Gasteiger partial charge < -0.3 is 25.2 Å². The number of allylic oxidation sites excluding steroid dienone is 12. The van der Waals surface area contributed by atoms with Crippen molar-refractivity contribution in [1.29, 1.82) is 0 Å². The van der Waals surface area contributed by atoms with Crippen molar-refractivity contribution in [2.75, 3.05) is 26.4 Å². The lowest BCUT2D eigenvalue weighted by Gasteiger charge is -2.20. The fourth-order valence-electron chi connectivity index (χ4n) is 4.68. The van der Waals surface area contributed by atoms with Crippen LogP contribution in [-0.4, -0.2) is 60.5 Å². The first-order valence-corrected chi connectivity index (χ1v) is 21.0. The molecule has 3 unspecified atom stereocenters. The lowest BCUT2D eigenvalue weighted by Crippen LogP contribution is -2.34. The molecule has 298 valence electrons. The Labute approximate surface area is 314 Å². The molecule has 11 heteroatoms. The van der Waals surface area contributed by atoms with Crippen molar-refractivity contribution in [3.63, 3.8) is 0 Å². The third kappa shape index (κ3) is 35.8. The molecule has 0 rings (SSSR count). The molecule has 0 aromatic rings. The van der Waals surface area contributed by atoms with Crippen LogP contribution >= 0.6 is 7.82 Å². The zero-order valence-electron chi connectivity index (χ0n) is 32.1. The molecular formula is C41H70NO9P. The van der Waals surface area contributed by atoms with Gasteiger partial charge in [-0.3, -0.25) is 18.6 Å². The number of carbonyl (C=O) groups excluding carboxylic acids is 1. The number of unbranched alkanes of at least 4 members (excludes halogenated alkanes) is 10. The van der Waals surface area contributed by atoms with E-state index >= 15 is 0 Å². The van der Waals surface area contributed by atoms with Gasteiger partial charge in [-0.05, 0) is 83.5 Å². The van der Waals surface area contributed by atoms with Crippen molar-refractivity contribution in [2.45, 2.75) is 148 Å². The second kappa shape index (κ2) is 36.8. The average molecular weight is 752 g/mol. The Morgan fingerprint density at radius 1 is 0.635 bits per heavy atom. The molecule has 0 aliphatic rings. The number of carboxylic acids is 1. The fraction of sp³-hybridized carbons (Fsp3) is 0.659. The predicted molar refractivity (Wildman–Crippen MR) is 212 cm³/mol. The van der Waals surface area contributed by atoms with Crippen LogP contribution in [0.2, 0.25) is 0 Å². The second-order valence-electron chi connectivity index (χ2n) is 12.7. The first-order valence-electron chi connectivity index (χ1n) is 19.5. The van der Waals surface area contributed by atoms with Crippen molar-refractivity contribution >= 4 is 19.8 Å². The Morgan fingerprint density at radius 3 is 1.69 bits per heavy atom. The van der Waals surface area contributed by atoms with E-state index in [2.05, 4.69) is 91.3 Å². The van der Waals surface area contributed by atoms with E-state index < -0.39 is 45.1 Å². The van der Waals surface area contributed by atoms with E-state index in [9.17, 15) is 19.0 Å². The summed E-state index contributed by atoms with van der Waals surface area (Å²) < 4.78 is 33.2. The van der Waals surface area contributed by atoms with Crippen LogP contribution in [0, 0.1) is 0 Å². The molecule has 10 nitrogen and oxygen atoms in total. The van der Waals surface area contributed by atoms with E-state index in [4.69, 9.17) is 24.8 Å². The third-order valence-electron chi connectivity index (χ3n) is 7.72. The van der Waals surface area contributed by atoms with Gasteiger partial charge in [0.25, 0.3) is 0 Å². The lowest BCUT2D eigenvalue weighted by molar-refractivity contribution is -0.154. The molecule has 0 radical (unpaired) electrons. The second-order valence-corrected chi connectivity index (χ2v) is 14.1. The summed E-state index contributed by atoms with van der Waals surface area (Å²) in [5, 5.41) is 8.87. The summed E-state index contributed by atoms with van der Waals surface area (Å²) in [5.41, 5.74) is 5.33. The Kier molecular flexibility index (Phi) is 34.9. The number of carboxylic acid groups (broad SMARTS) is 1. The van der Waals surface area contributed by atoms with E-state index in [1.807, 2.05) is 0 Å². The average Bonchev–Trinajstić information content (AvgIpc) is 3.12. The fourth-order valence-corrected chi connectivity index (χ4v) is 5.46. The first kappa shape index (κ1) is 49.4. The van der Waals surface area contributed by atoms with E-state index in [-0.39, 0.29) is 13.0 Å². The molecule has 0 amide bonds. The van der Waals surface area contributed by atoms with Gasteiger partial charge in [0.05, 0.1) is 19.8 Å². The zero-order chi connectivity index (χ0) is 38.4. The summed E-state index contributed by atoms with van der Waals surface area (Å²) >= 11 is 0. The van der Waals surface area contributed by atoms with Crippen LogP contribution < -0.4 is 5.73 Å². The largest absolute Gasteiger partial charge is 0.480 e.